The van der Waals surface area contributed by atoms with Crippen molar-refractivity contribution in [3.8, 4) is 11.5 Å². The topological polar surface area (TPSA) is 316 Å². The summed E-state index contributed by atoms with van der Waals surface area (Å²) in [5, 5.41) is 18.2. The first-order valence-electron chi connectivity index (χ1n) is 51.3. The molecule has 774 valence electrons. The van der Waals surface area contributed by atoms with Crippen LogP contribution in [0, 0.1) is 103 Å². The summed E-state index contributed by atoms with van der Waals surface area (Å²) in [6.07, 6.45) is 10.0. The molecule has 2 N–H and O–H groups in total. The summed E-state index contributed by atoms with van der Waals surface area (Å²) < 4.78 is 45.7. The third-order valence-corrected chi connectivity index (χ3v) is 29.7. The second-order valence-corrected chi connectivity index (χ2v) is 44.3. The van der Waals surface area contributed by atoms with E-state index in [1.807, 2.05) is 143 Å². The van der Waals surface area contributed by atoms with E-state index in [9.17, 15) is 71.1 Å². The fourth-order valence-corrected chi connectivity index (χ4v) is 22.1. The van der Waals surface area contributed by atoms with E-state index in [1.54, 1.807) is 95.7 Å². The van der Waals surface area contributed by atoms with Crippen molar-refractivity contribution in [2.45, 2.75) is 271 Å². The third-order valence-electron chi connectivity index (χ3n) is 28.6. The first-order chi connectivity index (χ1) is 69.4. The summed E-state index contributed by atoms with van der Waals surface area (Å²) in [5.41, 5.74) is 25.6. The Morgan fingerprint density at radius 3 is 0.918 bits per heavy atom. The molecule has 0 heterocycles. The predicted octanol–water partition coefficient (Wildman–Crippen LogP) is 24.1. The Hall–Kier alpha value is -13.5. The monoisotopic (exact) mass is 2010 g/mol. The number of carbonyl (C=O) groups excluding carboxylic acids is 10. The number of carbonyl (C=O) groups is 12. The molecule has 0 bridgehead atoms. The maximum Gasteiger partial charge on any atom is 0.335 e. The summed E-state index contributed by atoms with van der Waals surface area (Å²) in [5.74, 6) is -3.62. The Morgan fingerprint density at radius 1 is 0.333 bits per heavy atom. The fraction of sp³-hybridized carbons (Fsp3) is 0.397. The van der Waals surface area contributed by atoms with Crippen molar-refractivity contribution in [3.63, 3.8) is 0 Å². The Morgan fingerprint density at radius 2 is 0.619 bits per heavy atom. The number of carboxylic acids is 2. The van der Waals surface area contributed by atoms with Gasteiger partial charge >= 0.3 is 23.9 Å². The van der Waals surface area contributed by atoms with Gasteiger partial charge < -0.3 is 29.2 Å². The number of methoxy groups -OCH3 is 2. The zero-order valence-corrected chi connectivity index (χ0v) is 90.7. The highest BCUT2D eigenvalue weighted by Crippen LogP contribution is 2.47. The lowest BCUT2D eigenvalue weighted by atomic mass is 9.83. The highest BCUT2D eigenvalue weighted by molar-refractivity contribution is 7.90. The molecule has 15 rings (SSSR count). The van der Waals surface area contributed by atoms with E-state index in [0.717, 1.165) is 184 Å². The van der Waals surface area contributed by atoms with Crippen molar-refractivity contribution >= 4 is 91.1 Å². The summed E-state index contributed by atoms with van der Waals surface area (Å²) in [4.78, 5) is 153. The van der Waals surface area contributed by atoms with Crippen LogP contribution in [0.3, 0.4) is 0 Å². The number of allylic oxidation sites excluding steroid dienone is 4. The minimum absolute atomic E-state index is 0.000522. The zero-order valence-electron chi connectivity index (χ0n) is 89.9. The van der Waals surface area contributed by atoms with Crippen LogP contribution >= 0.6 is 0 Å². The standard InChI is InChI=1S/C27H32O5S.C27H32O4.2C24H26O4.C24H28O3/c1-16-12-17(2)23(18(3)13-16)24-22(32-26(29)27(4,5)6)15-20(25(24)28)14-19-8-10-21(11-9-19)33(7,30)31;1-16-12-17(2)23(18(3)13-16)24-22(31-26(29)27(4,5)6)15-20(25(24)28)14-19-8-10-21(30-7)11-9-19;1-4-16-10-14(3)11-17(5-2)21(16)22-20(25)13-19(23(22)26)12-15-6-8-18(9-7-15)24(27)28;1-4-16-9-14(3)10-17(5-2)21(16)22-20(25)13-19(23(22)26)12-15-7-6-8-18(11-15)24(27)28;1-5-17-10-15(3)11-18(6-2)22(17)23-21(25)14-19(24(23)26)12-16-8-7-9-20(13-16)27-4/h8-13,20H,14-15H2,1-7H3;8-13,20H,14-15H2,1-7H3;2*6-11,19,22H,4-5,12-13H2,1-3H3,(H,27,28);7-11,13,19,23H,5-6,12,14H2,1-4H3. The van der Waals surface area contributed by atoms with E-state index >= 15 is 0 Å². The van der Waals surface area contributed by atoms with Gasteiger partial charge in [-0.15, -0.1) is 0 Å². The van der Waals surface area contributed by atoms with Gasteiger partial charge in [0.1, 0.15) is 58.1 Å². The first kappa shape index (κ1) is 114. The van der Waals surface area contributed by atoms with Gasteiger partial charge in [0.2, 0.25) is 0 Å². The van der Waals surface area contributed by atoms with Crippen molar-refractivity contribution in [1.29, 1.82) is 0 Å². The van der Waals surface area contributed by atoms with Crippen LogP contribution in [0.5, 0.6) is 11.5 Å². The molecular formula is C126H144O20S. The third kappa shape index (κ3) is 27.5. The Kier molecular flexibility index (Phi) is 37.8. The number of Topliss-reactive ketones (excluding diaryl/α,β-unsaturated/α-hetero) is 8. The second-order valence-electron chi connectivity index (χ2n) is 42.3. The van der Waals surface area contributed by atoms with Crippen LogP contribution in [0.15, 0.2) is 198 Å². The maximum absolute atomic E-state index is 13.6. The van der Waals surface area contributed by atoms with Gasteiger partial charge in [-0.3, -0.25) is 47.9 Å². The molecule has 5 aliphatic carbocycles. The van der Waals surface area contributed by atoms with E-state index in [4.69, 9.17) is 24.1 Å². The van der Waals surface area contributed by atoms with Crippen LogP contribution in [0.4, 0.5) is 0 Å². The number of carboxylic acid groups (broad SMARTS) is 2. The van der Waals surface area contributed by atoms with Crippen molar-refractivity contribution in [2.24, 2.45) is 40.4 Å². The number of hydrogen-bond donors (Lipinski definition) is 2. The molecule has 3 saturated carbocycles. The van der Waals surface area contributed by atoms with E-state index < -0.39 is 56.3 Å². The van der Waals surface area contributed by atoms with Crippen molar-refractivity contribution in [3.05, 3.63) is 344 Å². The number of benzene rings is 10. The molecule has 0 aliphatic heterocycles. The number of hydrogen-bond acceptors (Lipinski definition) is 18. The molecule has 5 aliphatic rings. The van der Waals surface area contributed by atoms with Gasteiger partial charge in [-0.25, -0.2) is 18.0 Å². The fourth-order valence-electron chi connectivity index (χ4n) is 21.4. The molecule has 3 fully saturated rings. The van der Waals surface area contributed by atoms with Gasteiger partial charge in [-0.2, -0.15) is 0 Å². The highest BCUT2D eigenvalue weighted by Gasteiger charge is 2.48. The number of aromatic carboxylic acids is 2. The van der Waals surface area contributed by atoms with E-state index in [1.165, 1.54) is 17.9 Å². The van der Waals surface area contributed by atoms with Crippen molar-refractivity contribution < 1.29 is 95.1 Å². The molecule has 0 aromatic heterocycles. The molecule has 21 heteroatoms. The minimum Gasteiger partial charge on any atom is -0.497 e. The molecular weight excluding hydrogens is 1870 g/mol. The average molecular weight is 2010 g/mol. The van der Waals surface area contributed by atoms with Gasteiger partial charge in [0, 0.05) is 67.9 Å². The second kappa shape index (κ2) is 48.9. The SMILES string of the molecule is CCc1cc(C)cc(CC)c1C1C(=O)CC(Cc2ccc(C(=O)O)cc2)C1=O.CCc1cc(C)cc(CC)c1C1C(=O)CC(Cc2cccc(C(=O)O)c2)C1=O.CCc1cc(C)cc(CC)c1C1C(=O)CC(Cc2cccc(OC)c2)C1=O.COc1ccc(CC2CC(OC(=O)C(C)(C)C)=C(c3c(C)cc(C)cc3C)C2=O)cc1.Cc1cc(C)c(C2=C(OC(=O)C(C)(C)C)CC(Cc3ccc(S(C)(=O)=O)cc3)C2=O)c(C)c1. The number of aryl methyl sites for hydroxylation is 15. The lowest BCUT2D eigenvalue weighted by Crippen LogP contribution is -2.22. The van der Waals surface area contributed by atoms with E-state index in [2.05, 4.69) is 97.0 Å². The lowest BCUT2D eigenvalue weighted by molar-refractivity contribution is -0.149. The summed E-state index contributed by atoms with van der Waals surface area (Å²) in [6.45, 7) is 41.4. The summed E-state index contributed by atoms with van der Waals surface area (Å²) in [7, 11) is -0.0174. The number of rotatable bonds is 28. The van der Waals surface area contributed by atoms with E-state index in [0.29, 0.717) is 74.0 Å². The molecule has 8 atom stereocenters. The lowest BCUT2D eigenvalue weighted by Gasteiger charge is -2.19. The first-order valence-corrected chi connectivity index (χ1v) is 53.2. The van der Waals surface area contributed by atoms with Gasteiger partial charge in [0.05, 0.1) is 52.2 Å². The predicted molar refractivity (Wildman–Crippen MR) is 576 cm³/mol. The minimum atomic E-state index is -3.28. The van der Waals surface area contributed by atoms with Crippen LogP contribution < -0.4 is 9.47 Å². The average Bonchev–Trinajstić information content (AvgIpc) is 1.65. The van der Waals surface area contributed by atoms with Gasteiger partial charge in [-0.05, 0) is 346 Å². The molecule has 0 saturated heterocycles. The number of sulfone groups is 1. The highest BCUT2D eigenvalue weighted by atomic mass is 32.2. The molecule has 147 heavy (non-hydrogen) atoms. The molecule has 0 radical (unpaired) electrons. The molecule has 0 spiro atoms. The maximum atomic E-state index is 13.6. The van der Waals surface area contributed by atoms with Crippen LogP contribution in [-0.2, 0) is 138 Å². The number of ether oxygens (including phenoxy) is 4. The van der Waals surface area contributed by atoms with Gasteiger partial charge in [0.15, 0.2) is 38.8 Å². The molecule has 10 aromatic rings. The quantitative estimate of drug-likeness (QED) is 0.0340. The Balaban J connectivity index is 0.000000175. The van der Waals surface area contributed by atoms with Crippen molar-refractivity contribution in [1.82, 2.24) is 0 Å². The molecule has 0 amide bonds. The van der Waals surface area contributed by atoms with Crippen LogP contribution in [0.2, 0.25) is 0 Å². The van der Waals surface area contributed by atoms with Crippen LogP contribution in [0.1, 0.15) is 293 Å². The molecule has 10 aromatic carbocycles. The zero-order chi connectivity index (χ0) is 108. The smallest absolute Gasteiger partial charge is 0.335 e. The molecule has 8 unspecified atom stereocenters. The van der Waals surface area contributed by atoms with Crippen LogP contribution in [-0.4, -0.2) is 109 Å². The van der Waals surface area contributed by atoms with Crippen LogP contribution in [0.25, 0.3) is 11.1 Å². The Bertz CT molecular complexity index is 6800. The van der Waals surface area contributed by atoms with Crippen molar-refractivity contribution in [2.75, 3.05) is 20.5 Å². The molecule has 20 nitrogen and oxygen atoms in total. The summed E-state index contributed by atoms with van der Waals surface area (Å²) in [6, 6.07) is 56.1. The number of esters is 2. The largest absolute Gasteiger partial charge is 0.497 e. The Labute approximate surface area is 867 Å². The summed E-state index contributed by atoms with van der Waals surface area (Å²) >= 11 is 0. The van der Waals surface area contributed by atoms with Gasteiger partial charge in [0.25, 0.3) is 0 Å². The normalized spacial score (nSPS) is 18.2. The number of ketones is 8. The van der Waals surface area contributed by atoms with E-state index in [-0.39, 0.29) is 111 Å². The van der Waals surface area contributed by atoms with Gasteiger partial charge in [-0.1, -0.05) is 191 Å².